The van der Waals surface area contributed by atoms with Crippen LogP contribution in [0.25, 0.3) is 0 Å². The van der Waals surface area contributed by atoms with Gasteiger partial charge < -0.3 is 5.32 Å². The molecule has 7 heteroatoms. The van der Waals surface area contributed by atoms with E-state index in [1.165, 1.54) is 28.2 Å². The Morgan fingerprint density at radius 2 is 1.88 bits per heavy atom. The summed E-state index contributed by atoms with van der Waals surface area (Å²) in [5.74, 6) is -0.632. The summed E-state index contributed by atoms with van der Waals surface area (Å²) in [6.45, 7) is -0.174. The molecule has 5 rings (SSSR count). The van der Waals surface area contributed by atoms with E-state index in [0.717, 1.165) is 24.9 Å². The minimum Gasteiger partial charge on any atom is -0.325 e. The topological polar surface area (TPSA) is 74.7 Å². The molecule has 1 N–H and O–H groups in total. The largest absolute Gasteiger partial charge is 0.325 e. The Morgan fingerprint density at radius 3 is 2.72 bits per heavy atom. The summed E-state index contributed by atoms with van der Waals surface area (Å²) in [6.07, 6.45) is 4.77. The van der Waals surface area contributed by atoms with Crippen LogP contribution in [0.3, 0.4) is 0 Å². The first-order chi connectivity index (χ1) is 15.6. The van der Waals surface area contributed by atoms with Gasteiger partial charge in [0, 0.05) is 11.9 Å². The van der Waals surface area contributed by atoms with Gasteiger partial charge >= 0.3 is 0 Å². The highest BCUT2D eigenvalue weighted by atomic mass is 19.1. The van der Waals surface area contributed by atoms with Crippen molar-refractivity contribution in [1.29, 1.82) is 0 Å². The Balaban J connectivity index is 1.38. The molecule has 0 spiro atoms. The van der Waals surface area contributed by atoms with Gasteiger partial charge in [-0.1, -0.05) is 18.2 Å². The number of aliphatic imine (C=N–C) groups is 1. The van der Waals surface area contributed by atoms with Gasteiger partial charge in [0.1, 0.15) is 18.0 Å². The van der Waals surface area contributed by atoms with Crippen LogP contribution in [0.2, 0.25) is 0 Å². The van der Waals surface area contributed by atoms with E-state index in [4.69, 9.17) is 0 Å². The number of benzene rings is 2. The molecule has 1 aliphatic carbocycles. The zero-order valence-electron chi connectivity index (χ0n) is 17.3. The van der Waals surface area contributed by atoms with E-state index in [1.54, 1.807) is 30.5 Å². The number of pyridine rings is 1. The van der Waals surface area contributed by atoms with Crippen molar-refractivity contribution in [3.05, 3.63) is 83.3 Å². The number of halogens is 1. The van der Waals surface area contributed by atoms with Crippen molar-refractivity contribution < 1.29 is 14.0 Å². The molecule has 0 bridgehead atoms. The lowest BCUT2D eigenvalue weighted by Gasteiger charge is -2.20. The first kappa shape index (κ1) is 20.1. The fraction of sp³-hybridized carbons (Fsp3) is 0.200. The fourth-order valence-corrected chi connectivity index (χ4v) is 4.19. The summed E-state index contributed by atoms with van der Waals surface area (Å²) in [5.41, 5.74) is 4.96. The van der Waals surface area contributed by atoms with Gasteiger partial charge in [-0.3, -0.25) is 14.5 Å². The standard InChI is InChI=1S/C25H21FN4O2/c26-19-9-6-17(7-10-19)22-14-24(32)30(25-21(29-22)5-2-12-27-25)15-23(31)28-20-11-8-16-3-1-4-18(16)13-20/h2,5-13H,1,3-4,14-15H2,(H,28,31). The molecule has 1 aromatic heterocycles. The van der Waals surface area contributed by atoms with Crippen molar-refractivity contribution in [2.24, 2.45) is 4.99 Å². The first-order valence-electron chi connectivity index (χ1n) is 10.6. The Bertz CT molecular complexity index is 1240. The number of nitrogens with zero attached hydrogens (tertiary/aromatic N) is 3. The maximum atomic E-state index is 13.3. The number of aromatic nitrogens is 1. The lowest BCUT2D eigenvalue weighted by atomic mass is 10.1. The number of carbonyl (C=O) groups excluding carboxylic acids is 2. The summed E-state index contributed by atoms with van der Waals surface area (Å²) in [7, 11) is 0. The monoisotopic (exact) mass is 428 g/mol. The molecule has 0 radical (unpaired) electrons. The van der Waals surface area contributed by atoms with E-state index in [2.05, 4.69) is 21.4 Å². The average Bonchev–Trinajstić information content (AvgIpc) is 3.20. The second-order valence-electron chi connectivity index (χ2n) is 7.95. The smallest absolute Gasteiger partial charge is 0.244 e. The third-order valence-electron chi connectivity index (χ3n) is 5.76. The highest BCUT2D eigenvalue weighted by Crippen LogP contribution is 2.31. The average molecular weight is 428 g/mol. The van der Waals surface area contributed by atoms with Crippen LogP contribution in [0, 0.1) is 5.82 Å². The summed E-state index contributed by atoms with van der Waals surface area (Å²) < 4.78 is 13.3. The number of aryl methyl sites for hydroxylation is 2. The van der Waals surface area contributed by atoms with Crippen molar-refractivity contribution in [2.45, 2.75) is 25.7 Å². The SMILES string of the molecule is O=C(CN1C(=O)CC(c2ccc(F)cc2)=Nc2cccnc21)Nc1ccc2c(c1)CCC2. The van der Waals surface area contributed by atoms with E-state index in [-0.39, 0.29) is 30.6 Å². The van der Waals surface area contributed by atoms with Crippen LogP contribution in [-0.4, -0.2) is 29.1 Å². The van der Waals surface area contributed by atoms with Gasteiger partial charge in [0.2, 0.25) is 11.8 Å². The van der Waals surface area contributed by atoms with Crippen LogP contribution in [0.5, 0.6) is 0 Å². The maximum Gasteiger partial charge on any atom is 0.244 e. The molecule has 0 fully saturated rings. The van der Waals surface area contributed by atoms with Gasteiger partial charge in [-0.2, -0.15) is 0 Å². The molecular weight excluding hydrogens is 407 g/mol. The molecule has 160 valence electrons. The highest BCUT2D eigenvalue weighted by Gasteiger charge is 2.28. The molecule has 0 atom stereocenters. The van der Waals surface area contributed by atoms with Gasteiger partial charge in [0.05, 0.1) is 12.1 Å². The predicted octanol–water partition coefficient (Wildman–Crippen LogP) is 4.21. The third-order valence-corrected chi connectivity index (χ3v) is 5.76. The van der Waals surface area contributed by atoms with Gasteiger partial charge in [0.15, 0.2) is 5.82 Å². The number of amides is 2. The third kappa shape index (κ3) is 4.01. The Morgan fingerprint density at radius 1 is 1.06 bits per heavy atom. The van der Waals surface area contributed by atoms with Gasteiger partial charge in [-0.05, 0) is 72.4 Å². The minimum atomic E-state index is -0.360. The van der Waals surface area contributed by atoms with E-state index >= 15 is 0 Å². The Labute approximate surface area is 184 Å². The quantitative estimate of drug-likeness (QED) is 0.677. The van der Waals surface area contributed by atoms with E-state index in [1.807, 2.05) is 12.1 Å². The molecule has 2 heterocycles. The fourth-order valence-electron chi connectivity index (χ4n) is 4.19. The minimum absolute atomic E-state index is 0.0197. The number of nitrogens with one attached hydrogen (secondary N) is 1. The molecule has 2 amide bonds. The predicted molar refractivity (Wildman–Crippen MR) is 121 cm³/mol. The molecule has 6 nitrogen and oxygen atoms in total. The first-order valence-corrected chi connectivity index (χ1v) is 10.6. The normalized spacial score (nSPS) is 15.0. The van der Waals surface area contributed by atoms with Crippen LogP contribution < -0.4 is 10.2 Å². The van der Waals surface area contributed by atoms with E-state index in [9.17, 15) is 14.0 Å². The summed E-state index contributed by atoms with van der Waals surface area (Å²) in [5, 5.41) is 2.90. The summed E-state index contributed by atoms with van der Waals surface area (Å²) in [6, 6.07) is 15.3. The van der Waals surface area contributed by atoms with Crippen LogP contribution in [0.4, 0.5) is 21.6 Å². The van der Waals surface area contributed by atoms with Gasteiger partial charge in [0.25, 0.3) is 0 Å². The number of hydrogen-bond donors (Lipinski definition) is 1. The van der Waals surface area contributed by atoms with Gasteiger partial charge in [-0.15, -0.1) is 0 Å². The van der Waals surface area contributed by atoms with E-state index < -0.39 is 0 Å². The van der Waals surface area contributed by atoms with Crippen molar-refractivity contribution in [1.82, 2.24) is 4.98 Å². The van der Waals surface area contributed by atoms with Crippen molar-refractivity contribution in [3.63, 3.8) is 0 Å². The van der Waals surface area contributed by atoms with Gasteiger partial charge in [-0.25, -0.2) is 14.4 Å². The molecule has 3 aromatic rings. The number of hydrogen-bond acceptors (Lipinski definition) is 4. The lowest BCUT2D eigenvalue weighted by molar-refractivity contribution is -0.120. The summed E-state index contributed by atoms with van der Waals surface area (Å²) >= 11 is 0. The molecule has 2 aliphatic rings. The molecule has 0 saturated heterocycles. The second-order valence-corrected chi connectivity index (χ2v) is 7.95. The molecule has 0 unspecified atom stereocenters. The van der Waals surface area contributed by atoms with Crippen molar-refractivity contribution in [2.75, 3.05) is 16.8 Å². The zero-order chi connectivity index (χ0) is 22.1. The van der Waals surface area contributed by atoms with Crippen molar-refractivity contribution >= 4 is 34.7 Å². The summed E-state index contributed by atoms with van der Waals surface area (Å²) in [4.78, 5) is 36.2. The van der Waals surface area contributed by atoms with Crippen LogP contribution >= 0.6 is 0 Å². The number of anilines is 2. The van der Waals surface area contributed by atoms with Crippen LogP contribution in [0.15, 0.2) is 65.8 Å². The highest BCUT2D eigenvalue weighted by molar-refractivity contribution is 6.18. The number of rotatable bonds is 4. The van der Waals surface area contributed by atoms with Crippen LogP contribution in [-0.2, 0) is 22.4 Å². The van der Waals surface area contributed by atoms with Crippen molar-refractivity contribution in [3.8, 4) is 0 Å². The Hall–Kier alpha value is -3.87. The maximum absolute atomic E-state index is 13.3. The molecule has 0 saturated carbocycles. The molecule has 2 aromatic carbocycles. The van der Waals surface area contributed by atoms with Crippen LogP contribution in [0.1, 0.15) is 29.5 Å². The van der Waals surface area contributed by atoms with E-state index in [0.29, 0.717) is 22.8 Å². The lowest BCUT2D eigenvalue weighted by Crippen LogP contribution is -2.39. The number of carbonyl (C=O) groups is 2. The second kappa shape index (κ2) is 8.34. The molecule has 32 heavy (non-hydrogen) atoms. The Kier molecular flexibility index (Phi) is 5.23. The molecule has 1 aliphatic heterocycles. The molecular formula is C25H21FN4O2. The zero-order valence-corrected chi connectivity index (χ0v) is 17.3. The number of fused-ring (bicyclic) bond motifs is 2.